The zero-order valence-corrected chi connectivity index (χ0v) is 11.7. The van der Waals surface area contributed by atoms with Crippen LogP contribution in [-0.2, 0) is 4.79 Å². The Morgan fingerprint density at radius 3 is 2.21 bits per heavy atom. The van der Waals surface area contributed by atoms with E-state index in [9.17, 15) is 18.0 Å². The molecule has 1 rings (SSSR count). The van der Waals surface area contributed by atoms with Crippen molar-refractivity contribution in [3.05, 3.63) is 0 Å². The van der Waals surface area contributed by atoms with Gasteiger partial charge in [0.15, 0.2) is 0 Å². The summed E-state index contributed by atoms with van der Waals surface area (Å²) in [5, 5.41) is 0. The lowest BCUT2D eigenvalue weighted by Gasteiger charge is -2.26. The molecule has 0 aliphatic carbocycles. The molecule has 1 aliphatic rings. The zero-order valence-electron chi connectivity index (χ0n) is 11.7. The first kappa shape index (κ1) is 16.3. The van der Waals surface area contributed by atoms with E-state index in [1.54, 1.807) is 0 Å². The van der Waals surface area contributed by atoms with Crippen LogP contribution in [0.2, 0.25) is 0 Å². The average molecular weight is 280 g/mol. The molecule has 0 aromatic rings. The van der Waals surface area contributed by atoms with Crippen molar-refractivity contribution in [2.24, 2.45) is 23.5 Å². The van der Waals surface area contributed by atoms with Crippen molar-refractivity contribution < 1.29 is 18.0 Å². The maximum Gasteiger partial charge on any atom is 0.393 e. The van der Waals surface area contributed by atoms with E-state index in [2.05, 4.69) is 0 Å². The Hall–Kier alpha value is -0.780. The molecule has 19 heavy (non-hydrogen) atoms. The van der Waals surface area contributed by atoms with Crippen molar-refractivity contribution in [2.75, 3.05) is 13.1 Å². The van der Waals surface area contributed by atoms with Gasteiger partial charge >= 0.3 is 6.18 Å². The van der Waals surface area contributed by atoms with Crippen LogP contribution in [0.1, 0.15) is 33.6 Å². The van der Waals surface area contributed by atoms with Gasteiger partial charge in [0.05, 0.1) is 5.92 Å². The summed E-state index contributed by atoms with van der Waals surface area (Å²) in [4.78, 5) is 13.7. The summed E-state index contributed by atoms with van der Waals surface area (Å²) in [5.74, 6) is -1.55. The number of nitrogens with two attached hydrogens (primary N) is 1. The summed E-state index contributed by atoms with van der Waals surface area (Å²) >= 11 is 0. The molecule has 1 saturated heterocycles. The molecule has 3 unspecified atom stereocenters. The second-order valence-electron chi connectivity index (χ2n) is 5.75. The van der Waals surface area contributed by atoms with E-state index in [1.165, 1.54) is 4.90 Å². The highest BCUT2D eigenvalue weighted by Crippen LogP contribution is 2.34. The molecule has 3 nitrogen and oxygen atoms in total. The van der Waals surface area contributed by atoms with Crippen LogP contribution in [0.25, 0.3) is 0 Å². The van der Waals surface area contributed by atoms with E-state index >= 15 is 0 Å². The van der Waals surface area contributed by atoms with Crippen molar-refractivity contribution in [1.82, 2.24) is 4.90 Å². The van der Waals surface area contributed by atoms with Crippen molar-refractivity contribution in [1.29, 1.82) is 0 Å². The standard InChI is InChI=1S/C13H23F3N2O/c1-8(2)9(3)12(19)18-6-4-10(13(14,15)16)11(17)5-7-18/h8-11H,4-7,17H2,1-3H3. The van der Waals surface area contributed by atoms with Crippen molar-refractivity contribution in [2.45, 2.75) is 45.8 Å². The Labute approximate surface area is 112 Å². The van der Waals surface area contributed by atoms with Crippen molar-refractivity contribution in [3.8, 4) is 0 Å². The molecule has 0 aromatic carbocycles. The predicted octanol–water partition coefficient (Wildman–Crippen LogP) is 2.41. The molecule has 0 aromatic heterocycles. The Bertz CT molecular complexity index is 318. The number of rotatable bonds is 2. The molecular formula is C13H23F3N2O. The topological polar surface area (TPSA) is 46.3 Å². The first-order valence-corrected chi connectivity index (χ1v) is 6.75. The number of amides is 1. The number of hydrogen-bond donors (Lipinski definition) is 1. The summed E-state index contributed by atoms with van der Waals surface area (Å²) in [7, 11) is 0. The number of carbonyl (C=O) groups is 1. The van der Waals surface area contributed by atoms with Gasteiger partial charge in [-0.05, 0) is 18.8 Å². The van der Waals surface area contributed by atoms with Gasteiger partial charge in [-0.15, -0.1) is 0 Å². The van der Waals surface area contributed by atoms with Crippen LogP contribution in [0.3, 0.4) is 0 Å². The molecule has 0 bridgehead atoms. The number of carbonyl (C=O) groups excluding carboxylic acids is 1. The second kappa shape index (κ2) is 6.11. The Morgan fingerprint density at radius 1 is 1.21 bits per heavy atom. The van der Waals surface area contributed by atoms with Gasteiger partial charge in [0, 0.05) is 25.0 Å². The molecule has 1 heterocycles. The van der Waals surface area contributed by atoms with E-state index in [0.717, 1.165) is 0 Å². The molecule has 6 heteroatoms. The third-order valence-electron chi connectivity index (χ3n) is 4.08. The maximum atomic E-state index is 12.8. The molecule has 1 aliphatic heterocycles. The molecule has 112 valence electrons. The lowest BCUT2D eigenvalue weighted by atomic mass is 9.95. The number of hydrogen-bond acceptors (Lipinski definition) is 2. The van der Waals surface area contributed by atoms with E-state index in [1.807, 2.05) is 20.8 Å². The fourth-order valence-corrected chi connectivity index (χ4v) is 2.33. The minimum atomic E-state index is -4.28. The summed E-state index contributed by atoms with van der Waals surface area (Å²) in [6, 6.07) is -0.910. The third kappa shape index (κ3) is 4.09. The van der Waals surface area contributed by atoms with Gasteiger partial charge in [-0.25, -0.2) is 0 Å². The molecule has 1 amide bonds. The second-order valence-corrected chi connectivity index (χ2v) is 5.75. The minimum absolute atomic E-state index is 0.0648. The Kier molecular flexibility index (Phi) is 5.24. The van der Waals surface area contributed by atoms with Crippen LogP contribution in [-0.4, -0.2) is 36.1 Å². The normalized spacial score (nSPS) is 27.3. The van der Waals surface area contributed by atoms with Gasteiger partial charge in [-0.2, -0.15) is 13.2 Å². The third-order valence-corrected chi connectivity index (χ3v) is 4.08. The number of alkyl halides is 3. The number of likely N-dealkylation sites (tertiary alicyclic amines) is 1. The molecule has 0 saturated carbocycles. The largest absolute Gasteiger partial charge is 0.393 e. The highest BCUT2D eigenvalue weighted by molar-refractivity contribution is 5.78. The van der Waals surface area contributed by atoms with Gasteiger partial charge in [-0.1, -0.05) is 20.8 Å². The van der Waals surface area contributed by atoms with Crippen molar-refractivity contribution in [3.63, 3.8) is 0 Å². The van der Waals surface area contributed by atoms with Gasteiger partial charge in [0.2, 0.25) is 5.91 Å². The lowest BCUT2D eigenvalue weighted by Crippen LogP contribution is -2.39. The molecule has 2 N–H and O–H groups in total. The molecule has 0 radical (unpaired) electrons. The Balaban J connectivity index is 2.71. The molecular weight excluding hydrogens is 257 g/mol. The monoisotopic (exact) mass is 280 g/mol. The van der Waals surface area contributed by atoms with Crippen LogP contribution in [0, 0.1) is 17.8 Å². The zero-order chi connectivity index (χ0) is 14.8. The van der Waals surface area contributed by atoms with E-state index in [-0.39, 0.29) is 37.1 Å². The van der Waals surface area contributed by atoms with E-state index in [0.29, 0.717) is 6.54 Å². The summed E-state index contributed by atoms with van der Waals surface area (Å²) in [6.45, 7) is 6.16. The lowest BCUT2D eigenvalue weighted by molar-refractivity contribution is -0.181. The minimum Gasteiger partial charge on any atom is -0.342 e. The SMILES string of the molecule is CC(C)C(C)C(=O)N1CCC(N)C(C(F)(F)F)CC1. The van der Waals surface area contributed by atoms with Crippen molar-refractivity contribution >= 4 is 5.91 Å². The Morgan fingerprint density at radius 2 is 1.74 bits per heavy atom. The average Bonchev–Trinajstić information content (AvgIpc) is 2.48. The van der Waals surface area contributed by atoms with Gasteiger partial charge in [0.25, 0.3) is 0 Å². The number of halogens is 3. The smallest absolute Gasteiger partial charge is 0.342 e. The highest BCUT2D eigenvalue weighted by atomic mass is 19.4. The van der Waals surface area contributed by atoms with Gasteiger partial charge in [-0.3, -0.25) is 4.79 Å². The first-order chi connectivity index (χ1) is 8.64. The summed E-state index contributed by atoms with van der Waals surface area (Å²) in [6.07, 6.45) is -4.16. The van der Waals surface area contributed by atoms with Crippen LogP contribution in [0.4, 0.5) is 13.2 Å². The van der Waals surface area contributed by atoms with E-state index < -0.39 is 18.1 Å². The summed E-state index contributed by atoms with van der Waals surface area (Å²) < 4.78 is 38.4. The van der Waals surface area contributed by atoms with E-state index in [4.69, 9.17) is 5.73 Å². The number of nitrogens with zero attached hydrogens (tertiary/aromatic N) is 1. The molecule has 3 atom stereocenters. The highest BCUT2D eigenvalue weighted by Gasteiger charge is 2.44. The van der Waals surface area contributed by atoms with Gasteiger partial charge < -0.3 is 10.6 Å². The van der Waals surface area contributed by atoms with Crippen LogP contribution < -0.4 is 5.73 Å². The molecule has 1 fully saturated rings. The predicted molar refractivity (Wildman–Crippen MR) is 67.3 cm³/mol. The fraction of sp³-hybridized carbons (Fsp3) is 0.923. The van der Waals surface area contributed by atoms with Crippen LogP contribution in [0.15, 0.2) is 0 Å². The quantitative estimate of drug-likeness (QED) is 0.844. The maximum absolute atomic E-state index is 12.8. The van der Waals surface area contributed by atoms with Crippen LogP contribution >= 0.6 is 0 Å². The van der Waals surface area contributed by atoms with Crippen LogP contribution in [0.5, 0.6) is 0 Å². The summed E-state index contributed by atoms with van der Waals surface area (Å²) in [5.41, 5.74) is 5.61. The first-order valence-electron chi connectivity index (χ1n) is 6.75. The fourth-order valence-electron chi connectivity index (χ4n) is 2.33. The molecule has 0 spiro atoms. The van der Waals surface area contributed by atoms with Gasteiger partial charge in [0.1, 0.15) is 0 Å².